The van der Waals surface area contributed by atoms with Crippen molar-refractivity contribution in [1.29, 1.82) is 0 Å². The maximum atomic E-state index is 10.8. The van der Waals surface area contributed by atoms with Gasteiger partial charge in [0.15, 0.2) is 0 Å². The SMILES string of the molecule is CNOC1(CC(=O)O)CCC(C)(C)CC1. The van der Waals surface area contributed by atoms with Gasteiger partial charge >= 0.3 is 5.97 Å². The van der Waals surface area contributed by atoms with Crippen LogP contribution >= 0.6 is 0 Å². The van der Waals surface area contributed by atoms with Crippen LogP contribution < -0.4 is 5.48 Å². The maximum absolute atomic E-state index is 10.8. The van der Waals surface area contributed by atoms with Gasteiger partial charge in [-0.25, -0.2) is 5.48 Å². The van der Waals surface area contributed by atoms with Crippen molar-refractivity contribution >= 4 is 5.97 Å². The van der Waals surface area contributed by atoms with Crippen molar-refractivity contribution in [3.8, 4) is 0 Å². The number of hydroxylamine groups is 1. The van der Waals surface area contributed by atoms with Gasteiger partial charge in [0.2, 0.25) is 0 Å². The van der Waals surface area contributed by atoms with E-state index in [1.807, 2.05) is 0 Å². The Morgan fingerprint density at radius 3 is 2.27 bits per heavy atom. The summed E-state index contributed by atoms with van der Waals surface area (Å²) < 4.78 is 0. The van der Waals surface area contributed by atoms with Gasteiger partial charge < -0.3 is 5.11 Å². The van der Waals surface area contributed by atoms with E-state index in [0.29, 0.717) is 5.41 Å². The van der Waals surface area contributed by atoms with Gasteiger partial charge in [0, 0.05) is 7.05 Å². The number of carboxylic acids is 1. The molecule has 0 saturated heterocycles. The highest BCUT2D eigenvalue weighted by atomic mass is 16.7. The van der Waals surface area contributed by atoms with Gasteiger partial charge in [-0.15, -0.1) is 0 Å². The first-order valence-electron chi connectivity index (χ1n) is 5.46. The summed E-state index contributed by atoms with van der Waals surface area (Å²) in [5.41, 5.74) is 2.46. The Bertz CT molecular complexity index is 228. The molecule has 0 radical (unpaired) electrons. The highest BCUT2D eigenvalue weighted by Crippen LogP contribution is 2.43. The normalized spacial score (nSPS) is 23.7. The zero-order chi connectivity index (χ0) is 11.5. The molecule has 1 saturated carbocycles. The number of hydrogen-bond acceptors (Lipinski definition) is 3. The van der Waals surface area contributed by atoms with Gasteiger partial charge in [0.1, 0.15) is 5.60 Å². The topological polar surface area (TPSA) is 58.6 Å². The van der Waals surface area contributed by atoms with Gasteiger partial charge in [-0.3, -0.25) is 9.63 Å². The number of carbonyl (C=O) groups is 1. The van der Waals surface area contributed by atoms with Gasteiger partial charge in [-0.2, -0.15) is 0 Å². The molecule has 1 rings (SSSR count). The van der Waals surface area contributed by atoms with Crippen molar-refractivity contribution in [3.05, 3.63) is 0 Å². The Morgan fingerprint density at radius 1 is 1.33 bits per heavy atom. The molecule has 0 aromatic rings. The van der Waals surface area contributed by atoms with Crippen molar-refractivity contribution in [3.63, 3.8) is 0 Å². The van der Waals surface area contributed by atoms with Crippen LogP contribution in [-0.4, -0.2) is 23.7 Å². The number of rotatable bonds is 4. The van der Waals surface area contributed by atoms with Crippen LogP contribution in [0.2, 0.25) is 0 Å². The second-order valence-electron chi connectivity index (χ2n) is 5.22. The first-order chi connectivity index (χ1) is 6.89. The number of aliphatic carboxylic acids is 1. The summed E-state index contributed by atoms with van der Waals surface area (Å²) >= 11 is 0. The van der Waals surface area contributed by atoms with Crippen molar-refractivity contribution < 1.29 is 14.7 Å². The van der Waals surface area contributed by atoms with Crippen LogP contribution in [0.1, 0.15) is 46.0 Å². The van der Waals surface area contributed by atoms with Crippen LogP contribution in [0.3, 0.4) is 0 Å². The van der Waals surface area contributed by atoms with Gasteiger partial charge in [-0.05, 0) is 31.1 Å². The molecule has 0 heterocycles. The Morgan fingerprint density at radius 2 is 1.87 bits per heavy atom. The molecule has 88 valence electrons. The van der Waals surface area contributed by atoms with Crippen LogP contribution in [0, 0.1) is 5.41 Å². The second kappa shape index (κ2) is 4.49. The molecule has 15 heavy (non-hydrogen) atoms. The minimum atomic E-state index is -0.787. The van der Waals surface area contributed by atoms with Crippen LogP contribution in [-0.2, 0) is 9.63 Å². The molecule has 0 atom stereocenters. The van der Waals surface area contributed by atoms with E-state index in [9.17, 15) is 4.79 Å². The first-order valence-corrected chi connectivity index (χ1v) is 5.46. The first kappa shape index (κ1) is 12.5. The molecule has 4 heteroatoms. The summed E-state index contributed by atoms with van der Waals surface area (Å²) in [4.78, 5) is 16.2. The molecular formula is C11H21NO3. The number of carboxylic acid groups (broad SMARTS) is 1. The minimum absolute atomic E-state index is 0.0872. The van der Waals surface area contributed by atoms with E-state index in [1.54, 1.807) is 7.05 Å². The predicted molar refractivity (Wildman–Crippen MR) is 57.4 cm³/mol. The van der Waals surface area contributed by atoms with Gasteiger partial charge in [0.05, 0.1) is 6.42 Å². The largest absolute Gasteiger partial charge is 0.481 e. The molecule has 0 aromatic heterocycles. The highest BCUT2D eigenvalue weighted by molar-refractivity contribution is 5.68. The van der Waals surface area contributed by atoms with E-state index in [0.717, 1.165) is 25.7 Å². The van der Waals surface area contributed by atoms with E-state index in [-0.39, 0.29) is 6.42 Å². The third kappa shape index (κ3) is 3.47. The lowest BCUT2D eigenvalue weighted by molar-refractivity contribution is -0.162. The summed E-state index contributed by atoms with van der Waals surface area (Å²) in [6.07, 6.45) is 3.74. The fourth-order valence-corrected chi connectivity index (χ4v) is 2.19. The molecule has 0 unspecified atom stereocenters. The van der Waals surface area contributed by atoms with Crippen LogP contribution in [0.5, 0.6) is 0 Å². The van der Waals surface area contributed by atoms with E-state index in [1.165, 1.54) is 0 Å². The van der Waals surface area contributed by atoms with E-state index in [4.69, 9.17) is 9.94 Å². The Kier molecular flexibility index (Phi) is 3.73. The summed E-state index contributed by atoms with van der Waals surface area (Å²) in [6, 6.07) is 0. The smallest absolute Gasteiger partial charge is 0.306 e. The minimum Gasteiger partial charge on any atom is -0.481 e. The molecule has 2 N–H and O–H groups in total. The van der Waals surface area contributed by atoms with Crippen molar-refractivity contribution in [2.24, 2.45) is 5.41 Å². The molecule has 0 bridgehead atoms. The molecule has 1 fully saturated rings. The summed E-state index contributed by atoms with van der Waals surface area (Å²) in [5, 5.41) is 8.88. The Labute approximate surface area is 91.0 Å². The summed E-state index contributed by atoms with van der Waals surface area (Å²) in [7, 11) is 1.68. The van der Waals surface area contributed by atoms with Gasteiger partial charge in [0.25, 0.3) is 0 Å². The quantitative estimate of drug-likeness (QED) is 0.704. The van der Waals surface area contributed by atoms with Crippen molar-refractivity contribution in [1.82, 2.24) is 5.48 Å². The zero-order valence-electron chi connectivity index (χ0n) is 9.80. The monoisotopic (exact) mass is 215 g/mol. The third-order valence-electron chi connectivity index (χ3n) is 3.31. The van der Waals surface area contributed by atoms with Crippen LogP contribution in [0.15, 0.2) is 0 Å². The number of hydrogen-bond donors (Lipinski definition) is 2. The summed E-state index contributed by atoms with van der Waals surface area (Å²) in [5.74, 6) is -0.787. The van der Waals surface area contributed by atoms with Crippen molar-refractivity contribution in [2.45, 2.75) is 51.6 Å². The summed E-state index contributed by atoms with van der Waals surface area (Å²) in [6.45, 7) is 4.44. The van der Waals surface area contributed by atoms with E-state index < -0.39 is 11.6 Å². The molecule has 0 spiro atoms. The predicted octanol–water partition coefficient (Wildman–Crippen LogP) is 1.95. The lowest BCUT2D eigenvalue weighted by Crippen LogP contribution is -2.44. The molecule has 1 aliphatic carbocycles. The number of nitrogens with one attached hydrogen (secondary N) is 1. The molecular weight excluding hydrogens is 194 g/mol. The molecule has 0 aliphatic heterocycles. The Hall–Kier alpha value is -0.610. The highest BCUT2D eigenvalue weighted by Gasteiger charge is 2.41. The lowest BCUT2D eigenvalue weighted by Gasteiger charge is -2.41. The molecule has 4 nitrogen and oxygen atoms in total. The van der Waals surface area contributed by atoms with Crippen LogP contribution in [0.25, 0.3) is 0 Å². The average molecular weight is 215 g/mol. The van der Waals surface area contributed by atoms with Crippen LogP contribution in [0.4, 0.5) is 0 Å². The van der Waals surface area contributed by atoms with E-state index in [2.05, 4.69) is 19.3 Å². The molecule has 0 amide bonds. The Balaban J connectivity index is 2.64. The molecule has 0 aromatic carbocycles. The maximum Gasteiger partial charge on any atom is 0.306 e. The second-order valence-corrected chi connectivity index (χ2v) is 5.22. The van der Waals surface area contributed by atoms with E-state index >= 15 is 0 Å². The third-order valence-corrected chi connectivity index (χ3v) is 3.31. The average Bonchev–Trinajstić information content (AvgIpc) is 2.10. The molecule has 1 aliphatic rings. The zero-order valence-corrected chi connectivity index (χ0v) is 9.80. The lowest BCUT2D eigenvalue weighted by atomic mass is 9.70. The fourth-order valence-electron chi connectivity index (χ4n) is 2.19. The standard InChI is InChI=1S/C11H21NO3/c1-10(2)4-6-11(7-5-10,15-12-3)8-9(13)14/h12H,4-8H2,1-3H3,(H,13,14). The van der Waals surface area contributed by atoms with Crippen molar-refractivity contribution in [2.75, 3.05) is 7.05 Å². The fraction of sp³-hybridized carbons (Fsp3) is 0.909. The van der Waals surface area contributed by atoms with Gasteiger partial charge in [-0.1, -0.05) is 13.8 Å².